The number of carbonyl (C=O) groups excluding carboxylic acids is 1. The van der Waals surface area contributed by atoms with Crippen LogP contribution >= 0.6 is 0 Å². The second kappa shape index (κ2) is 9.45. The lowest BCUT2D eigenvalue weighted by Gasteiger charge is -2.11. The molecule has 0 fully saturated rings. The van der Waals surface area contributed by atoms with Crippen LogP contribution in [0.2, 0.25) is 0 Å². The highest BCUT2D eigenvalue weighted by Crippen LogP contribution is 2.28. The largest absolute Gasteiger partial charge is 0.435 e. The molecule has 0 saturated heterocycles. The van der Waals surface area contributed by atoms with Crippen molar-refractivity contribution in [2.45, 2.75) is 26.1 Å². The van der Waals surface area contributed by atoms with Crippen LogP contribution in [0.15, 0.2) is 60.8 Å². The van der Waals surface area contributed by atoms with Gasteiger partial charge in [-0.15, -0.1) is 0 Å². The number of aromatic nitrogens is 4. The highest BCUT2D eigenvalue weighted by molar-refractivity contribution is 6.04. The standard InChI is InChI=1S/C23H22F3N5O2/c1-2-33-15-5-13-30-19-7-4-3-6-18(19)27-22(30)28-21(32)16-8-10-17(11-9-16)31-14-12-20(29-31)23(24,25)26/h3-4,6-12,14H,2,5,13,15H2,1H3,(H,27,28,32). The number of para-hydroxylation sites is 2. The number of ether oxygens (including phenoxy) is 1. The first kappa shape index (κ1) is 22.5. The number of nitrogens with zero attached hydrogens (tertiary/aromatic N) is 4. The molecule has 0 unspecified atom stereocenters. The van der Waals surface area contributed by atoms with E-state index in [4.69, 9.17) is 4.74 Å². The lowest BCUT2D eigenvalue weighted by atomic mass is 10.2. The van der Waals surface area contributed by atoms with Crippen LogP contribution in [0, 0.1) is 0 Å². The number of rotatable bonds is 8. The second-order valence-corrected chi connectivity index (χ2v) is 7.27. The molecule has 0 aliphatic rings. The van der Waals surface area contributed by atoms with Gasteiger partial charge in [-0.1, -0.05) is 12.1 Å². The maximum Gasteiger partial charge on any atom is 0.435 e. The maximum absolute atomic E-state index is 12.8. The highest BCUT2D eigenvalue weighted by atomic mass is 19.4. The summed E-state index contributed by atoms with van der Waals surface area (Å²) in [5.74, 6) is 0.0445. The Hall–Kier alpha value is -3.66. The molecule has 0 aliphatic carbocycles. The molecule has 0 spiro atoms. The van der Waals surface area contributed by atoms with Gasteiger partial charge in [-0.2, -0.15) is 18.3 Å². The predicted molar refractivity (Wildman–Crippen MR) is 117 cm³/mol. The van der Waals surface area contributed by atoms with Gasteiger partial charge in [-0.25, -0.2) is 9.67 Å². The van der Waals surface area contributed by atoms with Gasteiger partial charge in [0.15, 0.2) is 5.69 Å². The lowest BCUT2D eigenvalue weighted by Crippen LogP contribution is -2.16. The van der Waals surface area contributed by atoms with E-state index in [0.29, 0.717) is 37.0 Å². The number of benzene rings is 2. The van der Waals surface area contributed by atoms with Crippen molar-refractivity contribution in [3.05, 3.63) is 72.1 Å². The molecule has 7 nitrogen and oxygen atoms in total. The third-order valence-corrected chi connectivity index (χ3v) is 5.03. The zero-order valence-electron chi connectivity index (χ0n) is 17.8. The van der Waals surface area contributed by atoms with Crippen LogP contribution in [0.1, 0.15) is 29.4 Å². The summed E-state index contributed by atoms with van der Waals surface area (Å²) in [6.45, 7) is 3.79. The van der Waals surface area contributed by atoms with Crippen LogP contribution < -0.4 is 5.32 Å². The Morgan fingerprint density at radius 1 is 1.09 bits per heavy atom. The minimum absolute atomic E-state index is 0.342. The van der Waals surface area contributed by atoms with Crippen molar-refractivity contribution in [2.24, 2.45) is 0 Å². The molecular weight excluding hydrogens is 435 g/mol. The topological polar surface area (TPSA) is 74.0 Å². The van der Waals surface area contributed by atoms with Crippen molar-refractivity contribution >= 4 is 22.9 Å². The summed E-state index contributed by atoms with van der Waals surface area (Å²) in [7, 11) is 0. The van der Waals surface area contributed by atoms with Crippen molar-refractivity contribution in [1.29, 1.82) is 0 Å². The Kier molecular flexibility index (Phi) is 6.45. The normalized spacial score (nSPS) is 11.8. The quantitative estimate of drug-likeness (QED) is 0.381. The van der Waals surface area contributed by atoms with E-state index >= 15 is 0 Å². The fraction of sp³-hybridized carbons (Fsp3) is 0.261. The monoisotopic (exact) mass is 457 g/mol. The lowest BCUT2D eigenvalue weighted by molar-refractivity contribution is -0.141. The Morgan fingerprint density at radius 2 is 1.85 bits per heavy atom. The molecule has 33 heavy (non-hydrogen) atoms. The zero-order chi connectivity index (χ0) is 23.4. The Bertz CT molecular complexity index is 1250. The van der Waals surface area contributed by atoms with Crippen LogP contribution in [-0.2, 0) is 17.5 Å². The molecule has 1 N–H and O–H groups in total. The fourth-order valence-corrected chi connectivity index (χ4v) is 3.42. The Labute approximate surface area is 187 Å². The number of alkyl halides is 3. The molecule has 0 aliphatic heterocycles. The smallest absolute Gasteiger partial charge is 0.382 e. The molecule has 0 atom stereocenters. The van der Waals surface area contributed by atoms with Crippen LogP contribution in [0.5, 0.6) is 0 Å². The summed E-state index contributed by atoms with van der Waals surface area (Å²) in [6.07, 6.45) is -2.53. The van der Waals surface area contributed by atoms with Gasteiger partial charge in [0.25, 0.3) is 5.91 Å². The van der Waals surface area contributed by atoms with Gasteiger partial charge >= 0.3 is 6.18 Å². The van der Waals surface area contributed by atoms with Crippen LogP contribution in [0.3, 0.4) is 0 Å². The van der Waals surface area contributed by atoms with Gasteiger partial charge in [-0.05, 0) is 55.8 Å². The number of fused-ring (bicyclic) bond motifs is 1. The number of hydrogen-bond acceptors (Lipinski definition) is 4. The van der Waals surface area contributed by atoms with Gasteiger partial charge in [0.1, 0.15) is 0 Å². The Balaban J connectivity index is 1.51. The van der Waals surface area contributed by atoms with Crippen molar-refractivity contribution in [3.63, 3.8) is 0 Å². The van der Waals surface area contributed by atoms with E-state index in [1.807, 2.05) is 35.8 Å². The van der Waals surface area contributed by atoms with E-state index in [-0.39, 0.29) is 5.91 Å². The van der Waals surface area contributed by atoms with E-state index in [1.54, 1.807) is 0 Å². The predicted octanol–water partition coefficient (Wildman–Crippen LogP) is 4.92. The van der Waals surface area contributed by atoms with Crippen LogP contribution in [0.4, 0.5) is 19.1 Å². The van der Waals surface area contributed by atoms with Gasteiger partial charge in [0, 0.05) is 31.5 Å². The summed E-state index contributed by atoms with van der Waals surface area (Å²) >= 11 is 0. The average molecular weight is 457 g/mol. The molecule has 0 saturated carbocycles. The van der Waals surface area contributed by atoms with Gasteiger partial charge < -0.3 is 9.30 Å². The first-order valence-corrected chi connectivity index (χ1v) is 10.4. The summed E-state index contributed by atoms with van der Waals surface area (Å²) < 4.78 is 46.8. The summed E-state index contributed by atoms with van der Waals surface area (Å²) in [4.78, 5) is 17.4. The molecule has 10 heteroatoms. The van der Waals surface area contributed by atoms with Crippen LogP contribution in [-0.4, -0.2) is 38.5 Å². The number of nitrogens with one attached hydrogen (secondary N) is 1. The molecule has 172 valence electrons. The van der Waals surface area contributed by atoms with E-state index < -0.39 is 11.9 Å². The van der Waals surface area contributed by atoms with E-state index in [1.165, 1.54) is 30.5 Å². The highest BCUT2D eigenvalue weighted by Gasteiger charge is 2.33. The molecule has 1 amide bonds. The third kappa shape index (κ3) is 5.06. The SMILES string of the molecule is CCOCCCn1c(NC(=O)c2ccc(-n3ccc(C(F)(F)F)n3)cc2)nc2ccccc21. The molecule has 2 heterocycles. The van der Waals surface area contributed by atoms with E-state index in [0.717, 1.165) is 28.2 Å². The first-order chi connectivity index (χ1) is 15.9. The average Bonchev–Trinajstić information content (AvgIpc) is 3.42. The number of imidazole rings is 1. The molecular formula is C23H22F3N5O2. The molecule has 2 aromatic heterocycles. The molecule has 2 aromatic carbocycles. The van der Waals surface area contributed by atoms with Gasteiger partial charge in [0.2, 0.25) is 5.95 Å². The second-order valence-electron chi connectivity index (χ2n) is 7.27. The number of aryl methyl sites for hydroxylation is 1. The zero-order valence-corrected chi connectivity index (χ0v) is 17.8. The van der Waals surface area contributed by atoms with Crippen molar-refractivity contribution in [2.75, 3.05) is 18.5 Å². The number of anilines is 1. The maximum atomic E-state index is 12.8. The summed E-state index contributed by atoms with van der Waals surface area (Å²) in [6, 6.07) is 14.6. The number of hydrogen-bond donors (Lipinski definition) is 1. The number of halogens is 3. The third-order valence-electron chi connectivity index (χ3n) is 5.03. The summed E-state index contributed by atoms with van der Waals surface area (Å²) in [5.41, 5.74) is 1.44. The van der Waals surface area contributed by atoms with Crippen molar-refractivity contribution in [3.8, 4) is 5.69 Å². The van der Waals surface area contributed by atoms with E-state index in [2.05, 4.69) is 15.4 Å². The Morgan fingerprint density at radius 3 is 2.55 bits per heavy atom. The molecule has 4 rings (SSSR count). The van der Waals surface area contributed by atoms with Crippen LogP contribution in [0.25, 0.3) is 16.7 Å². The van der Waals surface area contributed by atoms with Gasteiger partial charge in [-0.3, -0.25) is 10.1 Å². The molecule has 0 bridgehead atoms. The van der Waals surface area contributed by atoms with Gasteiger partial charge in [0.05, 0.1) is 16.7 Å². The number of carbonyl (C=O) groups is 1. The minimum atomic E-state index is -4.51. The number of amides is 1. The molecule has 4 aromatic rings. The molecule has 0 radical (unpaired) electrons. The summed E-state index contributed by atoms with van der Waals surface area (Å²) in [5, 5.41) is 6.38. The van der Waals surface area contributed by atoms with E-state index in [9.17, 15) is 18.0 Å². The fourth-order valence-electron chi connectivity index (χ4n) is 3.42. The first-order valence-electron chi connectivity index (χ1n) is 10.4. The van der Waals surface area contributed by atoms with Crippen molar-refractivity contribution < 1.29 is 22.7 Å². The van der Waals surface area contributed by atoms with Crippen molar-refractivity contribution in [1.82, 2.24) is 19.3 Å². The minimum Gasteiger partial charge on any atom is -0.382 e.